The topological polar surface area (TPSA) is 49.2 Å². The maximum Gasteiger partial charge on any atom is 0.161 e. The Labute approximate surface area is 189 Å². The Morgan fingerprint density at radius 1 is 0.969 bits per heavy atom. The molecule has 164 valence electrons. The Bertz CT molecular complexity index is 1170. The summed E-state index contributed by atoms with van der Waals surface area (Å²) < 4.78 is 1.86. The van der Waals surface area contributed by atoms with Gasteiger partial charge in [-0.15, -0.1) is 0 Å². The van der Waals surface area contributed by atoms with Crippen LogP contribution < -0.4 is 10.2 Å². The Kier molecular flexibility index (Phi) is 5.77. The van der Waals surface area contributed by atoms with E-state index >= 15 is 0 Å². The van der Waals surface area contributed by atoms with Gasteiger partial charge in [-0.25, -0.2) is 4.98 Å². The van der Waals surface area contributed by atoms with E-state index < -0.39 is 0 Å². The molecular weight excluding hydrogens is 396 g/mol. The lowest BCUT2D eigenvalue weighted by atomic mass is 10.1. The van der Waals surface area contributed by atoms with Crippen LogP contribution in [0.4, 0.5) is 11.5 Å². The number of hydrogen-bond acceptors (Lipinski definition) is 5. The fourth-order valence-corrected chi connectivity index (χ4v) is 4.59. The molecule has 1 atom stereocenters. The summed E-state index contributed by atoms with van der Waals surface area (Å²) in [6.07, 6.45) is 1.95. The minimum Gasteiger partial charge on any atom is -0.366 e. The standard InChI is InChI=1S/C26H30N6/c1-20-18-31(19-22-11-7-4-8-12-22)13-14-32(20)24-15-25(27-16-21-9-5-3-6-10-21)29-26-23(24)17-28-30(26)2/h3-12,15,17,20H,13-14,16,18-19H2,1-2H3,(H,27,29)/t20-/m0/s1. The molecule has 2 aromatic heterocycles. The van der Waals surface area contributed by atoms with Crippen molar-refractivity contribution in [2.75, 3.05) is 29.9 Å². The van der Waals surface area contributed by atoms with Crippen LogP contribution in [0, 0.1) is 0 Å². The van der Waals surface area contributed by atoms with Gasteiger partial charge in [-0.2, -0.15) is 5.10 Å². The Hall–Kier alpha value is -3.38. The van der Waals surface area contributed by atoms with Crippen LogP contribution in [0.3, 0.4) is 0 Å². The van der Waals surface area contributed by atoms with Gasteiger partial charge in [-0.3, -0.25) is 9.58 Å². The average molecular weight is 427 g/mol. The van der Waals surface area contributed by atoms with Gasteiger partial charge in [0.2, 0.25) is 0 Å². The second-order valence-corrected chi connectivity index (χ2v) is 8.63. The van der Waals surface area contributed by atoms with E-state index in [9.17, 15) is 0 Å². The van der Waals surface area contributed by atoms with Crippen LogP contribution in [0.1, 0.15) is 18.1 Å². The maximum absolute atomic E-state index is 4.85. The zero-order valence-corrected chi connectivity index (χ0v) is 18.8. The monoisotopic (exact) mass is 426 g/mol. The van der Waals surface area contributed by atoms with Gasteiger partial charge in [-0.1, -0.05) is 60.7 Å². The number of fused-ring (bicyclic) bond motifs is 1. The largest absolute Gasteiger partial charge is 0.366 e. The van der Waals surface area contributed by atoms with Crippen LogP contribution in [-0.4, -0.2) is 45.3 Å². The molecule has 2 aromatic carbocycles. The molecule has 32 heavy (non-hydrogen) atoms. The van der Waals surface area contributed by atoms with E-state index in [0.29, 0.717) is 6.04 Å². The van der Waals surface area contributed by atoms with Gasteiger partial charge < -0.3 is 10.2 Å². The van der Waals surface area contributed by atoms with Crippen molar-refractivity contribution in [3.8, 4) is 0 Å². The Morgan fingerprint density at radius 3 is 2.41 bits per heavy atom. The van der Waals surface area contributed by atoms with Crippen molar-refractivity contribution in [2.24, 2.45) is 7.05 Å². The highest BCUT2D eigenvalue weighted by Gasteiger charge is 2.26. The Morgan fingerprint density at radius 2 is 1.69 bits per heavy atom. The van der Waals surface area contributed by atoms with Crippen molar-refractivity contribution in [2.45, 2.75) is 26.1 Å². The molecule has 0 radical (unpaired) electrons. The minimum atomic E-state index is 0.403. The van der Waals surface area contributed by atoms with E-state index in [4.69, 9.17) is 4.98 Å². The lowest BCUT2D eigenvalue weighted by Crippen LogP contribution is -2.51. The normalized spacial score (nSPS) is 17.1. The fraction of sp³-hybridized carbons (Fsp3) is 0.308. The third kappa shape index (κ3) is 4.32. The molecule has 5 rings (SSSR count). The lowest BCUT2D eigenvalue weighted by Gasteiger charge is -2.41. The van der Waals surface area contributed by atoms with E-state index in [-0.39, 0.29) is 0 Å². The summed E-state index contributed by atoms with van der Waals surface area (Å²) in [7, 11) is 1.96. The summed E-state index contributed by atoms with van der Waals surface area (Å²) in [6.45, 7) is 7.12. The van der Waals surface area contributed by atoms with Crippen LogP contribution >= 0.6 is 0 Å². The van der Waals surface area contributed by atoms with Gasteiger partial charge in [0.15, 0.2) is 5.65 Å². The first-order valence-electron chi connectivity index (χ1n) is 11.3. The first kappa shape index (κ1) is 20.5. The van der Waals surface area contributed by atoms with Crippen LogP contribution in [0.2, 0.25) is 0 Å². The molecule has 1 fully saturated rings. The molecule has 1 aliphatic heterocycles. The molecule has 1 N–H and O–H groups in total. The number of pyridine rings is 1. The molecule has 0 aliphatic carbocycles. The highest BCUT2D eigenvalue weighted by atomic mass is 15.3. The average Bonchev–Trinajstić information content (AvgIpc) is 3.19. The third-order valence-corrected chi connectivity index (χ3v) is 6.27. The zero-order valence-electron chi connectivity index (χ0n) is 18.8. The fourth-order valence-electron chi connectivity index (χ4n) is 4.59. The number of piperazine rings is 1. The number of anilines is 2. The van der Waals surface area contributed by atoms with Gasteiger partial charge in [0.05, 0.1) is 17.3 Å². The molecule has 0 bridgehead atoms. The molecule has 0 amide bonds. The second kappa shape index (κ2) is 9.01. The van der Waals surface area contributed by atoms with E-state index in [2.05, 4.69) is 87.8 Å². The van der Waals surface area contributed by atoms with Gasteiger partial charge in [0.25, 0.3) is 0 Å². The summed E-state index contributed by atoms with van der Waals surface area (Å²) in [5.41, 5.74) is 4.74. The van der Waals surface area contributed by atoms with Gasteiger partial charge in [0, 0.05) is 51.9 Å². The van der Waals surface area contributed by atoms with Crippen molar-refractivity contribution >= 4 is 22.5 Å². The summed E-state index contributed by atoms with van der Waals surface area (Å²) in [5, 5.41) is 9.12. The second-order valence-electron chi connectivity index (χ2n) is 8.63. The third-order valence-electron chi connectivity index (χ3n) is 6.27. The first-order chi connectivity index (χ1) is 15.7. The van der Waals surface area contributed by atoms with Crippen molar-refractivity contribution in [3.05, 3.63) is 84.1 Å². The van der Waals surface area contributed by atoms with Crippen molar-refractivity contribution in [1.82, 2.24) is 19.7 Å². The molecule has 0 saturated carbocycles. The Balaban J connectivity index is 1.37. The molecule has 4 aromatic rings. The van der Waals surface area contributed by atoms with E-state index in [1.165, 1.54) is 16.8 Å². The number of aromatic nitrogens is 3. The van der Waals surface area contributed by atoms with Crippen LogP contribution in [0.5, 0.6) is 0 Å². The van der Waals surface area contributed by atoms with Gasteiger partial charge in [-0.05, 0) is 18.1 Å². The van der Waals surface area contributed by atoms with E-state index in [1.54, 1.807) is 0 Å². The number of hydrogen-bond donors (Lipinski definition) is 1. The van der Waals surface area contributed by atoms with Crippen LogP contribution in [-0.2, 0) is 20.1 Å². The molecule has 6 heteroatoms. The number of nitrogens with one attached hydrogen (secondary N) is 1. The highest BCUT2D eigenvalue weighted by molar-refractivity contribution is 5.91. The minimum absolute atomic E-state index is 0.403. The number of rotatable bonds is 6. The first-order valence-corrected chi connectivity index (χ1v) is 11.3. The zero-order chi connectivity index (χ0) is 21.9. The van der Waals surface area contributed by atoms with Crippen LogP contribution in [0.25, 0.3) is 11.0 Å². The molecule has 6 nitrogen and oxygen atoms in total. The summed E-state index contributed by atoms with van der Waals surface area (Å²) in [6, 6.07) is 23.8. The summed E-state index contributed by atoms with van der Waals surface area (Å²) in [4.78, 5) is 9.92. The molecular formula is C26H30N6. The molecule has 1 saturated heterocycles. The van der Waals surface area contributed by atoms with Gasteiger partial charge >= 0.3 is 0 Å². The van der Waals surface area contributed by atoms with E-state index in [0.717, 1.165) is 49.6 Å². The van der Waals surface area contributed by atoms with Crippen molar-refractivity contribution in [3.63, 3.8) is 0 Å². The smallest absolute Gasteiger partial charge is 0.161 e. The molecule has 0 unspecified atom stereocenters. The molecule has 3 heterocycles. The summed E-state index contributed by atoms with van der Waals surface area (Å²) >= 11 is 0. The lowest BCUT2D eigenvalue weighted by molar-refractivity contribution is 0.221. The van der Waals surface area contributed by atoms with E-state index in [1.807, 2.05) is 24.0 Å². The van der Waals surface area contributed by atoms with Crippen LogP contribution in [0.15, 0.2) is 72.9 Å². The van der Waals surface area contributed by atoms with Crippen molar-refractivity contribution in [1.29, 1.82) is 0 Å². The highest BCUT2D eigenvalue weighted by Crippen LogP contribution is 2.31. The molecule has 1 aliphatic rings. The predicted octanol–water partition coefficient (Wildman–Crippen LogP) is 4.29. The SMILES string of the molecule is C[C@H]1CN(Cc2ccccc2)CCN1c1cc(NCc2ccccc2)nc2c1cnn2C. The quantitative estimate of drug-likeness (QED) is 0.498. The number of nitrogens with zero attached hydrogens (tertiary/aromatic N) is 5. The number of aryl methyl sites for hydroxylation is 1. The number of benzene rings is 2. The predicted molar refractivity (Wildman–Crippen MR) is 131 cm³/mol. The van der Waals surface area contributed by atoms with Gasteiger partial charge in [0.1, 0.15) is 5.82 Å². The molecule has 0 spiro atoms. The van der Waals surface area contributed by atoms with Crippen molar-refractivity contribution < 1.29 is 0 Å². The maximum atomic E-state index is 4.85. The summed E-state index contributed by atoms with van der Waals surface area (Å²) in [5.74, 6) is 0.888.